The van der Waals surface area contributed by atoms with Crippen LogP contribution in [0.25, 0.3) is 0 Å². The summed E-state index contributed by atoms with van der Waals surface area (Å²) in [7, 11) is 0. The Morgan fingerprint density at radius 1 is 0.421 bits per heavy atom. The van der Waals surface area contributed by atoms with E-state index in [-0.39, 0.29) is 85.9 Å². The van der Waals surface area contributed by atoms with Crippen LogP contribution in [0.4, 0.5) is 0 Å². The van der Waals surface area contributed by atoms with Crippen molar-refractivity contribution in [1.82, 2.24) is 0 Å². The molecule has 0 saturated carbocycles. The normalized spacial score (nSPS) is 4.11. The van der Waals surface area contributed by atoms with Gasteiger partial charge in [-0.1, -0.05) is 0 Å². The Bertz CT molecular complexity index is 123. The summed E-state index contributed by atoms with van der Waals surface area (Å²) in [5, 5.41) is 0. The quantitative estimate of drug-likeness (QED) is 0.321. The van der Waals surface area contributed by atoms with Crippen LogP contribution in [-0.4, -0.2) is 69.4 Å². The van der Waals surface area contributed by atoms with Gasteiger partial charge in [-0.3, -0.25) is 0 Å². The standard InChI is InChI=1S/4Al.12O.3Ti/q4*+3;;;;3*-2;6*-1;;;. The molecule has 0 N–H and O–H groups in total. The Kier molecular flexibility index (Phi) is 204. The van der Waals surface area contributed by atoms with Crippen molar-refractivity contribution in [3.8, 4) is 0 Å². The van der Waals surface area contributed by atoms with Gasteiger partial charge in [0.05, 0.1) is 0 Å². The molecule has 96 valence electrons. The molecule has 12 nitrogen and oxygen atoms in total. The summed E-state index contributed by atoms with van der Waals surface area (Å²) in [4.78, 5) is 0. The molecule has 19 heteroatoms. The van der Waals surface area contributed by atoms with Crippen molar-refractivity contribution in [3.63, 3.8) is 0 Å². The van der Waals surface area contributed by atoms with Crippen LogP contribution in [-0.2, 0) is 82.3 Å². The zero-order chi connectivity index (χ0) is 10.7. The molecule has 0 bridgehead atoms. The van der Waals surface area contributed by atoms with Crippen LogP contribution in [0.15, 0.2) is 0 Å². The average Bonchev–Trinajstić information content (AvgIpc) is 1.54. The molecule has 0 fully saturated rings. The summed E-state index contributed by atoms with van der Waals surface area (Å²) in [6.45, 7) is 0. The first-order valence-electron chi connectivity index (χ1n) is 1.84. The van der Waals surface area contributed by atoms with E-state index in [2.05, 4.69) is 0 Å². The van der Waals surface area contributed by atoms with Crippen molar-refractivity contribution in [2.75, 3.05) is 0 Å². The van der Waals surface area contributed by atoms with E-state index in [4.69, 9.17) is 32.1 Å². The average molecular weight is 444 g/mol. The van der Waals surface area contributed by atoms with Crippen LogP contribution in [0, 0.1) is 0 Å². The molecule has 0 atom stereocenters. The monoisotopic (exact) mass is 444 g/mol. The maximum absolute atomic E-state index is 8.58. The Hall–Kier alpha value is 3.31. The molecule has 0 rings (SSSR count). The van der Waals surface area contributed by atoms with Gasteiger partial charge in [-0.05, 0) is 0 Å². The second kappa shape index (κ2) is 58.0. The minimum absolute atomic E-state index is 0. The minimum atomic E-state index is -4.08. The zero-order valence-electron chi connectivity index (χ0n) is 8.71. The van der Waals surface area contributed by atoms with Crippen LogP contribution >= 0.6 is 0 Å². The zero-order valence-corrected chi connectivity index (χ0v) is 18.0. The van der Waals surface area contributed by atoms with Gasteiger partial charge >= 0.3 is 157 Å². The van der Waals surface area contributed by atoms with Gasteiger partial charge in [0, 0.05) is 0 Å². The van der Waals surface area contributed by atoms with E-state index in [1.165, 1.54) is 0 Å². The summed E-state index contributed by atoms with van der Waals surface area (Å²) in [5.41, 5.74) is 0. The summed E-state index contributed by atoms with van der Waals surface area (Å²) in [5.74, 6) is 0. The van der Waals surface area contributed by atoms with E-state index in [9.17, 15) is 0 Å². The summed E-state index contributed by atoms with van der Waals surface area (Å²) in [6, 6.07) is 0. The Balaban J connectivity index is -0.00000000675. The van der Waals surface area contributed by atoms with Crippen LogP contribution in [0.2, 0.25) is 0 Å². The van der Waals surface area contributed by atoms with Crippen molar-refractivity contribution in [2.45, 2.75) is 0 Å². The molecule has 0 aromatic heterocycles. The van der Waals surface area contributed by atoms with Crippen molar-refractivity contribution in [3.05, 3.63) is 0 Å². The second-order valence-corrected chi connectivity index (χ2v) is 3.09. The predicted octanol–water partition coefficient (Wildman–Crippen LogP) is -9.38. The molecule has 0 saturated heterocycles. The molecule has 0 spiro atoms. The SMILES string of the molecule is [Al+3].[Al+3].[Al+3].[Al+3].[O-2].[O-2].[O-2].[O]=[Ti]([O-])[O-].[O]=[Ti]([O-])[O-].[O]=[Ti]([O-])[O-]. The molecule has 0 aliphatic rings. The van der Waals surface area contributed by atoms with E-state index in [0.717, 1.165) is 0 Å². The number of rotatable bonds is 0. The Morgan fingerprint density at radius 2 is 0.421 bits per heavy atom. The molecule has 0 unspecified atom stereocenters. The van der Waals surface area contributed by atoms with Crippen LogP contribution in [0.5, 0.6) is 0 Å². The third-order valence-electron chi connectivity index (χ3n) is 0. The summed E-state index contributed by atoms with van der Waals surface area (Å²) in [6.07, 6.45) is 0. The molecule has 0 radical (unpaired) electrons. The Morgan fingerprint density at radius 3 is 0.421 bits per heavy atom. The molecular formula is Al4O12Ti3. The topological polar surface area (TPSA) is 275 Å². The fraction of sp³-hybridized carbons (Fsp3) is 0. The van der Waals surface area contributed by atoms with Gasteiger partial charge < -0.3 is 16.4 Å². The van der Waals surface area contributed by atoms with Gasteiger partial charge in [-0.2, -0.15) is 0 Å². The molecule has 0 aromatic rings. The molecule has 19 heavy (non-hydrogen) atoms. The van der Waals surface area contributed by atoms with Gasteiger partial charge in [0.15, 0.2) is 0 Å². The van der Waals surface area contributed by atoms with Gasteiger partial charge in [0.1, 0.15) is 0 Å². The van der Waals surface area contributed by atoms with E-state index >= 15 is 0 Å². The van der Waals surface area contributed by atoms with Gasteiger partial charge in [-0.25, -0.2) is 0 Å². The maximum atomic E-state index is 8.58. The Labute approximate surface area is 171 Å². The van der Waals surface area contributed by atoms with E-state index in [0.29, 0.717) is 0 Å². The van der Waals surface area contributed by atoms with Crippen LogP contribution < -0.4 is 22.1 Å². The van der Waals surface area contributed by atoms with Gasteiger partial charge in [0.25, 0.3) is 0 Å². The van der Waals surface area contributed by atoms with Crippen molar-refractivity contribution < 1.29 is 104 Å². The fourth-order valence-corrected chi connectivity index (χ4v) is 0. The first-order chi connectivity index (χ1) is 5.20. The molecule has 0 amide bonds. The fourth-order valence-electron chi connectivity index (χ4n) is 0. The second-order valence-electron chi connectivity index (χ2n) is 0.750. The van der Waals surface area contributed by atoms with Crippen molar-refractivity contribution >= 4 is 69.4 Å². The molecule has 0 heterocycles. The van der Waals surface area contributed by atoms with Crippen molar-refractivity contribution in [1.29, 1.82) is 0 Å². The molecule has 0 aliphatic carbocycles. The van der Waals surface area contributed by atoms with Crippen molar-refractivity contribution in [2.24, 2.45) is 0 Å². The first kappa shape index (κ1) is 66.9. The number of hydrogen-bond donors (Lipinski definition) is 0. The van der Waals surface area contributed by atoms with Gasteiger partial charge in [0.2, 0.25) is 0 Å². The van der Waals surface area contributed by atoms with Crippen LogP contribution in [0.3, 0.4) is 0 Å². The number of hydrogen-bond acceptors (Lipinski definition) is 9. The first-order valence-corrected chi connectivity index (χ1v) is 7.57. The van der Waals surface area contributed by atoms with E-state index in [1.807, 2.05) is 0 Å². The van der Waals surface area contributed by atoms with Crippen LogP contribution in [0.1, 0.15) is 0 Å². The van der Waals surface area contributed by atoms with E-state index < -0.39 is 55.8 Å². The summed E-state index contributed by atoms with van der Waals surface area (Å²) >= 11 is -12.2. The molecule has 0 aromatic carbocycles. The van der Waals surface area contributed by atoms with E-state index in [1.54, 1.807) is 0 Å². The molecular weight excluding hydrogens is 444 g/mol. The third-order valence-corrected chi connectivity index (χ3v) is 0. The predicted molar refractivity (Wildman–Crippen MR) is 27.1 cm³/mol. The molecule has 0 aliphatic heterocycles. The van der Waals surface area contributed by atoms with Gasteiger partial charge in [-0.15, -0.1) is 0 Å². The summed E-state index contributed by atoms with van der Waals surface area (Å²) < 4.78 is 77.2. The third kappa shape index (κ3) is 724.